The second-order valence-corrected chi connectivity index (χ2v) is 4.71. The van der Waals surface area contributed by atoms with Crippen molar-refractivity contribution in [1.82, 2.24) is 10.2 Å². The molecule has 0 saturated carbocycles. The number of nitrogens with one attached hydrogen (secondary N) is 1. The van der Waals surface area contributed by atoms with E-state index in [1.54, 1.807) is 0 Å². The first-order valence-electron chi connectivity index (χ1n) is 5.20. The van der Waals surface area contributed by atoms with E-state index in [0.717, 1.165) is 13.2 Å². The normalized spacial score (nSPS) is 43.9. The molecule has 0 amide bonds. The Balaban J connectivity index is 0.000000980. The van der Waals surface area contributed by atoms with Crippen LogP contribution in [0.5, 0.6) is 0 Å². The SMILES string of the molecule is CC1COC(C)(C2CCN(C)C2)N1.Cl. The predicted molar refractivity (Wildman–Crippen MR) is 59.8 cm³/mol. The lowest BCUT2D eigenvalue weighted by Gasteiger charge is -2.30. The maximum atomic E-state index is 5.85. The lowest BCUT2D eigenvalue weighted by molar-refractivity contribution is -0.0390. The second-order valence-electron chi connectivity index (χ2n) is 4.71. The van der Waals surface area contributed by atoms with Crippen LogP contribution in [0, 0.1) is 5.92 Å². The molecule has 2 heterocycles. The van der Waals surface area contributed by atoms with Crippen LogP contribution in [0.25, 0.3) is 0 Å². The highest BCUT2D eigenvalue weighted by Crippen LogP contribution is 2.31. The van der Waals surface area contributed by atoms with E-state index in [2.05, 4.69) is 31.1 Å². The Hall–Kier alpha value is 0.170. The van der Waals surface area contributed by atoms with Crippen molar-refractivity contribution in [2.24, 2.45) is 5.92 Å². The molecule has 0 spiro atoms. The molecule has 0 aromatic carbocycles. The molecule has 2 aliphatic rings. The van der Waals surface area contributed by atoms with Gasteiger partial charge < -0.3 is 9.64 Å². The first-order chi connectivity index (χ1) is 6.10. The summed E-state index contributed by atoms with van der Waals surface area (Å²) < 4.78 is 5.85. The van der Waals surface area contributed by atoms with Crippen molar-refractivity contribution < 1.29 is 4.74 Å². The van der Waals surface area contributed by atoms with Gasteiger partial charge in [-0.15, -0.1) is 12.4 Å². The number of hydrogen-bond donors (Lipinski definition) is 1. The third kappa shape index (κ3) is 2.22. The van der Waals surface area contributed by atoms with Gasteiger partial charge in [0, 0.05) is 18.5 Å². The first kappa shape index (κ1) is 12.2. The van der Waals surface area contributed by atoms with Crippen LogP contribution in [-0.4, -0.2) is 43.4 Å². The monoisotopic (exact) mass is 220 g/mol. The lowest BCUT2D eigenvalue weighted by Crippen LogP contribution is -2.47. The van der Waals surface area contributed by atoms with Gasteiger partial charge in [-0.3, -0.25) is 5.32 Å². The molecule has 84 valence electrons. The minimum Gasteiger partial charge on any atom is -0.359 e. The summed E-state index contributed by atoms with van der Waals surface area (Å²) in [4.78, 5) is 2.38. The first-order valence-corrected chi connectivity index (χ1v) is 5.20. The maximum absolute atomic E-state index is 5.85. The van der Waals surface area contributed by atoms with Gasteiger partial charge in [0.2, 0.25) is 0 Å². The maximum Gasteiger partial charge on any atom is 0.120 e. The van der Waals surface area contributed by atoms with Gasteiger partial charge in [-0.1, -0.05) is 0 Å². The molecule has 2 rings (SSSR count). The number of halogens is 1. The molecule has 4 heteroatoms. The summed E-state index contributed by atoms with van der Waals surface area (Å²) >= 11 is 0. The molecule has 0 bridgehead atoms. The molecular weight excluding hydrogens is 200 g/mol. The number of likely N-dealkylation sites (tertiary alicyclic amines) is 1. The molecule has 0 radical (unpaired) electrons. The highest BCUT2D eigenvalue weighted by atomic mass is 35.5. The van der Waals surface area contributed by atoms with E-state index >= 15 is 0 Å². The van der Waals surface area contributed by atoms with Gasteiger partial charge in [0.05, 0.1) is 6.61 Å². The van der Waals surface area contributed by atoms with Crippen LogP contribution in [0.3, 0.4) is 0 Å². The Bertz CT molecular complexity index is 203. The zero-order chi connectivity index (χ0) is 9.47. The molecule has 2 fully saturated rings. The van der Waals surface area contributed by atoms with Gasteiger partial charge in [0.25, 0.3) is 0 Å². The van der Waals surface area contributed by atoms with E-state index in [-0.39, 0.29) is 18.1 Å². The van der Waals surface area contributed by atoms with E-state index in [1.165, 1.54) is 13.0 Å². The molecule has 0 aromatic heterocycles. The van der Waals surface area contributed by atoms with Gasteiger partial charge in [-0.2, -0.15) is 0 Å². The summed E-state index contributed by atoms with van der Waals surface area (Å²) in [6.45, 7) is 7.61. The standard InChI is InChI=1S/C10H20N2O.ClH/c1-8-7-13-10(2,11-8)9-4-5-12(3)6-9;/h8-9,11H,4-7H2,1-3H3;1H. The zero-order valence-electron chi connectivity index (χ0n) is 9.25. The zero-order valence-corrected chi connectivity index (χ0v) is 10.1. The fourth-order valence-electron chi connectivity index (χ4n) is 2.49. The van der Waals surface area contributed by atoms with Crippen LogP contribution < -0.4 is 5.32 Å². The molecule has 14 heavy (non-hydrogen) atoms. The fraction of sp³-hybridized carbons (Fsp3) is 1.00. The summed E-state index contributed by atoms with van der Waals surface area (Å²) in [5.74, 6) is 0.655. The van der Waals surface area contributed by atoms with E-state index < -0.39 is 0 Å². The average molecular weight is 221 g/mol. The van der Waals surface area contributed by atoms with Crippen molar-refractivity contribution in [3.63, 3.8) is 0 Å². The van der Waals surface area contributed by atoms with Crippen LogP contribution in [-0.2, 0) is 4.74 Å². The molecule has 2 saturated heterocycles. The molecule has 3 atom stereocenters. The largest absolute Gasteiger partial charge is 0.359 e. The average Bonchev–Trinajstić information content (AvgIpc) is 2.60. The quantitative estimate of drug-likeness (QED) is 0.716. The van der Waals surface area contributed by atoms with Crippen LogP contribution in [0.2, 0.25) is 0 Å². The van der Waals surface area contributed by atoms with Crippen molar-refractivity contribution in [3.8, 4) is 0 Å². The number of rotatable bonds is 1. The summed E-state index contributed by atoms with van der Waals surface area (Å²) in [5.41, 5.74) is -0.0653. The number of nitrogens with zero attached hydrogens (tertiary/aromatic N) is 1. The Kier molecular flexibility index (Phi) is 3.81. The Morgan fingerprint density at radius 1 is 1.50 bits per heavy atom. The van der Waals surface area contributed by atoms with Crippen LogP contribution in [0.15, 0.2) is 0 Å². The Labute approximate surface area is 92.6 Å². The van der Waals surface area contributed by atoms with Gasteiger partial charge in [-0.05, 0) is 33.9 Å². The molecule has 2 aliphatic heterocycles. The van der Waals surface area contributed by atoms with Crippen LogP contribution in [0.4, 0.5) is 0 Å². The second kappa shape index (κ2) is 4.35. The molecule has 3 nitrogen and oxygen atoms in total. The van der Waals surface area contributed by atoms with Gasteiger partial charge in [0.1, 0.15) is 5.72 Å². The van der Waals surface area contributed by atoms with Crippen molar-refractivity contribution in [2.75, 3.05) is 26.7 Å². The van der Waals surface area contributed by atoms with Crippen molar-refractivity contribution in [2.45, 2.75) is 32.0 Å². The molecular formula is C10H21ClN2O. The molecule has 0 aliphatic carbocycles. The van der Waals surface area contributed by atoms with Crippen LogP contribution >= 0.6 is 12.4 Å². The highest BCUT2D eigenvalue weighted by Gasteiger charge is 2.42. The topological polar surface area (TPSA) is 24.5 Å². The molecule has 1 N–H and O–H groups in total. The van der Waals surface area contributed by atoms with Crippen molar-refractivity contribution >= 4 is 12.4 Å². The summed E-state index contributed by atoms with van der Waals surface area (Å²) in [7, 11) is 2.18. The third-order valence-corrected chi connectivity index (χ3v) is 3.34. The van der Waals surface area contributed by atoms with E-state index in [0.29, 0.717) is 12.0 Å². The summed E-state index contributed by atoms with van der Waals surface area (Å²) in [6.07, 6.45) is 1.26. The number of ether oxygens (including phenoxy) is 1. The van der Waals surface area contributed by atoms with Crippen molar-refractivity contribution in [1.29, 1.82) is 0 Å². The Morgan fingerprint density at radius 2 is 2.21 bits per heavy atom. The van der Waals surface area contributed by atoms with E-state index in [1.807, 2.05) is 0 Å². The smallest absolute Gasteiger partial charge is 0.120 e. The van der Waals surface area contributed by atoms with Crippen molar-refractivity contribution in [3.05, 3.63) is 0 Å². The van der Waals surface area contributed by atoms with Gasteiger partial charge >= 0.3 is 0 Å². The minimum absolute atomic E-state index is 0. The minimum atomic E-state index is -0.0653. The third-order valence-electron chi connectivity index (χ3n) is 3.34. The van der Waals surface area contributed by atoms with Gasteiger partial charge in [0.15, 0.2) is 0 Å². The highest BCUT2D eigenvalue weighted by molar-refractivity contribution is 5.85. The van der Waals surface area contributed by atoms with Crippen LogP contribution in [0.1, 0.15) is 20.3 Å². The Morgan fingerprint density at radius 3 is 2.64 bits per heavy atom. The predicted octanol–water partition coefficient (Wildman–Crippen LogP) is 1.08. The molecule has 3 unspecified atom stereocenters. The fourth-order valence-corrected chi connectivity index (χ4v) is 2.49. The summed E-state index contributed by atoms with van der Waals surface area (Å²) in [5, 5.41) is 3.54. The number of hydrogen-bond acceptors (Lipinski definition) is 3. The van der Waals surface area contributed by atoms with Gasteiger partial charge in [-0.25, -0.2) is 0 Å². The van der Waals surface area contributed by atoms with E-state index in [4.69, 9.17) is 4.74 Å². The van der Waals surface area contributed by atoms with E-state index in [9.17, 15) is 0 Å². The lowest BCUT2D eigenvalue weighted by atomic mass is 9.96. The summed E-state index contributed by atoms with van der Waals surface area (Å²) in [6, 6.07) is 0.510. The molecule has 0 aromatic rings.